The van der Waals surface area contributed by atoms with E-state index < -0.39 is 0 Å². The van der Waals surface area contributed by atoms with Gasteiger partial charge in [0.1, 0.15) is 0 Å². The van der Waals surface area contributed by atoms with Crippen LogP contribution in [0.25, 0.3) is 16.7 Å². The van der Waals surface area contributed by atoms with E-state index in [1.165, 1.54) is 129 Å². The van der Waals surface area contributed by atoms with Crippen LogP contribution in [0.5, 0.6) is 0 Å². The van der Waals surface area contributed by atoms with Crippen LogP contribution in [0.3, 0.4) is 0 Å². The molecule has 6 unspecified atom stereocenters. The third-order valence-electron chi connectivity index (χ3n) is 19.8. The molecule has 5 aliphatic carbocycles. The molecule has 0 nitrogen and oxygen atoms in total. The van der Waals surface area contributed by atoms with E-state index in [-0.39, 0.29) is 39.7 Å². The van der Waals surface area contributed by atoms with Crippen molar-refractivity contribution in [1.82, 2.24) is 0 Å². The molecule has 7 aliphatic rings. The standard InChI is InChI=1S/C63H65B/c1-38-31-46-49-37-60(5)27-11-12-28-61(60,6)50-21-16-22-54(57(49)50)64-53-26-23-39(34-51-44-25-24-42(59(2,3)4)36-52(44)63(8)30-14-13-29-62(51,63)7)33-47(53)56(48(32-38)58(46)64)45-20-15-18-41-35-40-17-9-10-19-43(40)55(41)45/h9-10,15-26,31-33,36-37,51,56H,11-14,27-30,34-35H2,1-8H3. The number of benzene rings is 6. The summed E-state index contributed by atoms with van der Waals surface area (Å²) >= 11 is 0. The molecule has 0 N–H and O–H groups in total. The molecule has 0 radical (unpaired) electrons. The minimum atomic E-state index is 0.135. The largest absolute Gasteiger partial charge is 0.243 e. The lowest BCUT2D eigenvalue weighted by molar-refractivity contribution is 0.0794. The van der Waals surface area contributed by atoms with E-state index in [4.69, 9.17) is 0 Å². The highest BCUT2D eigenvalue weighted by Gasteiger charge is 2.58. The second-order valence-corrected chi connectivity index (χ2v) is 23.9. The number of hydrogen-bond acceptors (Lipinski definition) is 0. The minimum Gasteiger partial charge on any atom is -0.0693 e. The normalized spacial score (nSPS) is 28.8. The summed E-state index contributed by atoms with van der Waals surface area (Å²) in [5.41, 5.74) is 29.8. The van der Waals surface area contributed by atoms with Gasteiger partial charge in [0, 0.05) is 11.3 Å². The van der Waals surface area contributed by atoms with Gasteiger partial charge < -0.3 is 0 Å². The summed E-state index contributed by atoms with van der Waals surface area (Å²) in [6, 6.07) is 44.9. The van der Waals surface area contributed by atoms with E-state index in [9.17, 15) is 0 Å². The molecule has 6 aromatic rings. The van der Waals surface area contributed by atoms with Crippen molar-refractivity contribution in [1.29, 1.82) is 0 Å². The first kappa shape index (κ1) is 39.5. The molecule has 6 atom stereocenters. The smallest absolute Gasteiger partial charge is 0.0693 e. The van der Waals surface area contributed by atoms with Crippen LogP contribution in [0, 0.1) is 17.8 Å². The highest BCUT2D eigenvalue weighted by Crippen LogP contribution is 2.66. The lowest BCUT2D eigenvalue weighted by Gasteiger charge is -2.54. The highest BCUT2D eigenvalue weighted by molar-refractivity contribution is 6.98. The number of allylic oxidation sites excluding steroid dienone is 1. The summed E-state index contributed by atoms with van der Waals surface area (Å²) in [6.07, 6.45) is 15.3. The van der Waals surface area contributed by atoms with E-state index in [2.05, 4.69) is 171 Å². The Morgan fingerprint density at radius 3 is 2.20 bits per heavy atom. The van der Waals surface area contributed by atoms with E-state index >= 15 is 0 Å². The zero-order chi connectivity index (χ0) is 43.7. The maximum Gasteiger partial charge on any atom is 0.243 e. The molecule has 2 heterocycles. The van der Waals surface area contributed by atoms with Crippen LogP contribution < -0.4 is 16.4 Å². The highest BCUT2D eigenvalue weighted by atomic mass is 14.6. The number of aryl methyl sites for hydroxylation is 1. The van der Waals surface area contributed by atoms with Crippen LogP contribution in [0.1, 0.15) is 184 Å². The quantitative estimate of drug-likeness (QED) is 0.156. The summed E-state index contributed by atoms with van der Waals surface area (Å²) in [5.74, 6) is 0.635. The van der Waals surface area contributed by atoms with Gasteiger partial charge in [-0.25, -0.2) is 0 Å². The summed E-state index contributed by atoms with van der Waals surface area (Å²) in [7, 11) is 0. The van der Waals surface area contributed by atoms with Crippen molar-refractivity contribution >= 4 is 28.7 Å². The van der Waals surface area contributed by atoms with Crippen molar-refractivity contribution < 1.29 is 0 Å². The Bertz CT molecular complexity index is 3040. The Labute approximate surface area is 384 Å². The maximum absolute atomic E-state index is 2.79. The van der Waals surface area contributed by atoms with Crippen LogP contribution in [0.4, 0.5) is 0 Å². The molecule has 0 bridgehead atoms. The predicted molar refractivity (Wildman–Crippen MR) is 271 cm³/mol. The van der Waals surface area contributed by atoms with Crippen LogP contribution in [0.15, 0.2) is 115 Å². The molecule has 320 valence electrons. The topological polar surface area (TPSA) is 0 Å². The maximum atomic E-state index is 2.79. The summed E-state index contributed by atoms with van der Waals surface area (Å²) in [6.45, 7) is 20.3. The van der Waals surface area contributed by atoms with Gasteiger partial charge in [-0.05, 0) is 156 Å². The van der Waals surface area contributed by atoms with E-state index in [1.54, 1.807) is 27.7 Å². The average Bonchev–Trinajstić information content (AvgIpc) is 3.75. The Kier molecular flexibility index (Phi) is 8.11. The molecular weight excluding hydrogens is 768 g/mol. The second-order valence-electron chi connectivity index (χ2n) is 23.9. The fourth-order valence-corrected chi connectivity index (χ4v) is 15.9. The van der Waals surface area contributed by atoms with E-state index in [0.29, 0.717) is 5.92 Å². The number of hydrogen-bond donors (Lipinski definition) is 0. The second kappa shape index (κ2) is 13.1. The first-order chi connectivity index (χ1) is 30.7. The van der Waals surface area contributed by atoms with Crippen molar-refractivity contribution in [2.45, 2.75) is 148 Å². The first-order valence-electron chi connectivity index (χ1n) is 25.2. The lowest BCUT2D eigenvalue weighted by Crippen LogP contribution is -2.63. The van der Waals surface area contributed by atoms with Gasteiger partial charge >= 0.3 is 0 Å². The van der Waals surface area contributed by atoms with Gasteiger partial charge in [0.25, 0.3) is 0 Å². The zero-order valence-corrected chi connectivity index (χ0v) is 39.8. The van der Waals surface area contributed by atoms with Crippen molar-refractivity contribution in [2.24, 2.45) is 10.8 Å². The van der Waals surface area contributed by atoms with Crippen LogP contribution in [0.2, 0.25) is 0 Å². The average molecular weight is 833 g/mol. The molecule has 13 rings (SSSR count). The number of fused-ring (bicyclic) bond motifs is 12. The van der Waals surface area contributed by atoms with Crippen molar-refractivity contribution in [2.75, 3.05) is 0 Å². The van der Waals surface area contributed by atoms with Crippen molar-refractivity contribution in [3.05, 3.63) is 188 Å². The fourth-order valence-electron chi connectivity index (χ4n) is 15.9. The van der Waals surface area contributed by atoms with Crippen LogP contribution >= 0.6 is 0 Å². The van der Waals surface area contributed by atoms with Gasteiger partial charge in [-0.3, -0.25) is 0 Å². The monoisotopic (exact) mass is 833 g/mol. The van der Waals surface area contributed by atoms with Crippen LogP contribution in [-0.4, -0.2) is 6.71 Å². The van der Waals surface area contributed by atoms with E-state index in [0.717, 1.165) is 12.8 Å². The predicted octanol–water partition coefficient (Wildman–Crippen LogP) is 13.6. The summed E-state index contributed by atoms with van der Waals surface area (Å²) < 4.78 is 0. The number of rotatable bonds is 3. The Hall–Kier alpha value is -4.88. The third-order valence-corrected chi connectivity index (χ3v) is 19.8. The van der Waals surface area contributed by atoms with Crippen molar-refractivity contribution in [3.8, 4) is 11.1 Å². The first-order valence-corrected chi connectivity index (χ1v) is 25.2. The van der Waals surface area contributed by atoms with Gasteiger partial charge in [0.05, 0.1) is 0 Å². The molecule has 0 spiro atoms. The lowest BCUT2D eigenvalue weighted by atomic mass is 9.28. The minimum absolute atomic E-state index is 0.135. The Morgan fingerprint density at radius 1 is 0.594 bits per heavy atom. The van der Waals surface area contributed by atoms with Crippen molar-refractivity contribution in [3.63, 3.8) is 0 Å². The van der Waals surface area contributed by atoms with Gasteiger partial charge in [0.15, 0.2) is 0 Å². The molecule has 0 aromatic heterocycles. The molecule has 2 aliphatic heterocycles. The fraction of sp³-hybridized carbons (Fsp3) is 0.397. The third kappa shape index (κ3) is 5.03. The Morgan fingerprint density at radius 2 is 1.36 bits per heavy atom. The summed E-state index contributed by atoms with van der Waals surface area (Å²) in [5, 5.41) is 0. The molecule has 64 heavy (non-hydrogen) atoms. The van der Waals surface area contributed by atoms with Gasteiger partial charge in [-0.15, -0.1) is 0 Å². The van der Waals surface area contributed by atoms with Gasteiger partial charge in [-0.1, -0.05) is 211 Å². The van der Waals surface area contributed by atoms with Crippen LogP contribution in [-0.2, 0) is 29.1 Å². The molecule has 2 saturated carbocycles. The SMILES string of the molecule is Cc1cc2c3c(c1)C(c1cccc4c1-c1ccccc1C4)c1cc(CC4c5ccc(C(C)(C)C)cc5C5(C)CCCCC45C)ccc1B3c1cccc3c1C2=CC1(C)CCCCC31C. The zero-order valence-electron chi connectivity index (χ0n) is 39.8. The molecule has 6 aromatic carbocycles. The molecule has 0 amide bonds. The molecule has 0 saturated heterocycles. The van der Waals surface area contributed by atoms with Gasteiger partial charge in [0.2, 0.25) is 6.71 Å². The molecule has 2 fully saturated rings. The van der Waals surface area contributed by atoms with Gasteiger partial charge in [-0.2, -0.15) is 0 Å². The summed E-state index contributed by atoms with van der Waals surface area (Å²) in [4.78, 5) is 0. The Balaban J connectivity index is 1.05. The molecular formula is C63H65B. The molecule has 1 heteroatoms. The van der Waals surface area contributed by atoms with E-state index in [1.807, 2.05) is 0 Å².